The number of amides is 1. The van der Waals surface area contributed by atoms with Gasteiger partial charge in [-0.05, 0) is 43.4 Å². The number of aromatic nitrogens is 2. The first-order valence-electron chi connectivity index (χ1n) is 8.52. The van der Waals surface area contributed by atoms with Gasteiger partial charge in [0.25, 0.3) is 5.91 Å². The van der Waals surface area contributed by atoms with E-state index in [1.165, 1.54) is 19.3 Å². The van der Waals surface area contributed by atoms with E-state index in [9.17, 15) is 9.90 Å². The first kappa shape index (κ1) is 16.0. The summed E-state index contributed by atoms with van der Waals surface area (Å²) in [6.45, 7) is 0.112. The molecule has 1 atom stereocenters. The molecule has 1 unspecified atom stereocenters. The van der Waals surface area contributed by atoms with Gasteiger partial charge in [-0.15, -0.1) is 0 Å². The Labute approximate surface area is 136 Å². The number of benzene rings is 1. The Hall–Kier alpha value is -1.88. The van der Waals surface area contributed by atoms with Crippen molar-refractivity contribution >= 4 is 16.9 Å². The van der Waals surface area contributed by atoms with Crippen LogP contribution >= 0.6 is 0 Å². The quantitative estimate of drug-likeness (QED) is 0.891. The number of carbonyl (C=O) groups excluding carboxylic acids is 1. The van der Waals surface area contributed by atoms with Gasteiger partial charge in [0.2, 0.25) is 0 Å². The number of nitrogens with zero attached hydrogens (tertiary/aromatic N) is 2. The number of aryl methyl sites for hydroxylation is 1. The van der Waals surface area contributed by atoms with Gasteiger partial charge in [-0.2, -0.15) is 0 Å². The smallest absolute Gasteiger partial charge is 0.251 e. The highest BCUT2D eigenvalue weighted by Crippen LogP contribution is 2.28. The molecule has 3 rings (SSSR count). The molecule has 1 heterocycles. The summed E-state index contributed by atoms with van der Waals surface area (Å²) in [4.78, 5) is 16.9. The minimum atomic E-state index is -0.0680. The predicted octanol–water partition coefficient (Wildman–Crippen LogP) is 2.63. The minimum absolute atomic E-state index is 0.0622. The van der Waals surface area contributed by atoms with Crippen molar-refractivity contribution in [2.75, 3.05) is 6.61 Å². The zero-order valence-electron chi connectivity index (χ0n) is 13.7. The van der Waals surface area contributed by atoms with Crippen LogP contribution in [0.4, 0.5) is 0 Å². The average Bonchev–Trinajstić information content (AvgIpc) is 2.96. The fourth-order valence-electron chi connectivity index (χ4n) is 3.63. The van der Waals surface area contributed by atoms with E-state index in [4.69, 9.17) is 0 Å². The van der Waals surface area contributed by atoms with E-state index >= 15 is 0 Å². The predicted molar refractivity (Wildman–Crippen MR) is 90.2 cm³/mol. The van der Waals surface area contributed by atoms with E-state index in [1.54, 1.807) is 6.33 Å². The Balaban J connectivity index is 1.73. The molecule has 1 saturated carbocycles. The molecule has 0 aliphatic heterocycles. The second kappa shape index (κ2) is 7.13. The van der Waals surface area contributed by atoms with Gasteiger partial charge in [-0.1, -0.05) is 19.3 Å². The van der Waals surface area contributed by atoms with E-state index in [0.29, 0.717) is 17.9 Å². The molecule has 2 N–H and O–H groups in total. The summed E-state index contributed by atoms with van der Waals surface area (Å²) in [7, 11) is 1.94. The molecule has 23 heavy (non-hydrogen) atoms. The monoisotopic (exact) mass is 315 g/mol. The van der Waals surface area contributed by atoms with Crippen LogP contribution < -0.4 is 5.32 Å². The molecular formula is C18H25N3O2. The number of aliphatic hydroxyl groups is 1. The fourth-order valence-corrected chi connectivity index (χ4v) is 3.63. The zero-order chi connectivity index (χ0) is 16.2. The molecule has 0 saturated heterocycles. The third-order valence-electron chi connectivity index (χ3n) is 4.96. The number of hydrogen-bond acceptors (Lipinski definition) is 3. The molecule has 5 heteroatoms. The summed E-state index contributed by atoms with van der Waals surface area (Å²) in [5, 5.41) is 12.5. The highest BCUT2D eigenvalue weighted by atomic mass is 16.3. The number of nitrogens with one attached hydrogen (secondary N) is 1. The zero-order valence-corrected chi connectivity index (χ0v) is 13.7. The summed E-state index contributed by atoms with van der Waals surface area (Å²) in [5.74, 6) is 0.417. The summed E-state index contributed by atoms with van der Waals surface area (Å²) >= 11 is 0. The lowest BCUT2D eigenvalue weighted by Crippen LogP contribution is -2.41. The van der Waals surface area contributed by atoms with Crippen LogP contribution in [0.5, 0.6) is 0 Å². The van der Waals surface area contributed by atoms with Gasteiger partial charge in [0.05, 0.1) is 17.4 Å². The Morgan fingerprint density at radius 2 is 2.17 bits per heavy atom. The maximum atomic E-state index is 12.6. The summed E-state index contributed by atoms with van der Waals surface area (Å²) in [6, 6.07) is 5.67. The molecule has 5 nitrogen and oxygen atoms in total. The third kappa shape index (κ3) is 3.55. The van der Waals surface area contributed by atoms with Crippen LogP contribution in [0.1, 0.15) is 48.9 Å². The van der Waals surface area contributed by atoms with Gasteiger partial charge in [0.1, 0.15) is 0 Å². The Bertz CT molecular complexity index is 674. The standard InChI is InChI=1S/C18H25N3O2/c1-21-12-19-16-11-14(7-8-17(16)21)18(23)20-15(9-10-22)13-5-3-2-4-6-13/h7-8,11-13,15,22H,2-6,9-10H2,1H3,(H,20,23). The Morgan fingerprint density at radius 1 is 1.39 bits per heavy atom. The van der Waals surface area contributed by atoms with Crippen LogP contribution in [-0.2, 0) is 7.05 Å². The van der Waals surface area contributed by atoms with Crippen LogP contribution in [0, 0.1) is 5.92 Å². The normalized spacial score (nSPS) is 17.3. The summed E-state index contributed by atoms with van der Waals surface area (Å²) < 4.78 is 1.94. The van der Waals surface area contributed by atoms with Gasteiger partial charge in [0.15, 0.2) is 0 Å². The first-order valence-corrected chi connectivity index (χ1v) is 8.52. The van der Waals surface area contributed by atoms with Gasteiger partial charge in [-0.3, -0.25) is 4.79 Å². The molecule has 1 aromatic heterocycles. The van der Waals surface area contributed by atoms with Crippen LogP contribution in [0.25, 0.3) is 11.0 Å². The second-order valence-electron chi connectivity index (χ2n) is 6.55. The van der Waals surface area contributed by atoms with Crippen LogP contribution in [0.15, 0.2) is 24.5 Å². The van der Waals surface area contributed by atoms with Crippen molar-refractivity contribution in [2.45, 2.75) is 44.6 Å². The van der Waals surface area contributed by atoms with Crippen molar-refractivity contribution in [3.05, 3.63) is 30.1 Å². The lowest BCUT2D eigenvalue weighted by Gasteiger charge is -2.30. The average molecular weight is 315 g/mol. The molecule has 1 amide bonds. The van der Waals surface area contributed by atoms with E-state index in [2.05, 4.69) is 10.3 Å². The van der Waals surface area contributed by atoms with Crippen LogP contribution in [0.2, 0.25) is 0 Å². The number of hydrogen-bond donors (Lipinski definition) is 2. The number of fused-ring (bicyclic) bond motifs is 1. The molecular weight excluding hydrogens is 290 g/mol. The maximum Gasteiger partial charge on any atom is 0.251 e. The SMILES string of the molecule is Cn1cnc2cc(C(=O)NC(CCO)C3CCCCC3)ccc21. The van der Waals surface area contributed by atoms with Crippen molar-refractivity contribution in [3.63, 3.8) is 0 Å². The number of aliphatic hydroxyl groups excluding tert-OH is 1. The minimum Gasteiger partial charge on any atom is -0.396 e. The summed E-state index contributed by atoms with van der Waals surface area (Å²) in [6.07, 6.45) is 8.40. The largest absolute Gasteiger partial charge is 0.396 e. The summed E-state index contributed by atoms with van der Waals surface area (Å²) in [5.41, 5.74) is 2.48. The van der Waals surface area contributed by atoms with E-state index in [1.807, 2.05) is 29.8 Å². The number of rotatable bonds is 5. The highest BCUT2D eigenvalue weighted by molar-refractivity contribution is 5.97. The van der Waals surface area contributed by atoms with Gasteiger partial charge < -0.3 is 15.0 Å². The second-order valence-corrected chi connectivity index (χ2v) is 6.55. The maximum absolute atomic E-state index is 12.6. The van der Waals surface area contributed by atoms with Gasteiger partial charge in [-0.25, -0.2) is 4.98 Å². The Kier molecular flexibility index (Phi) is 4.96. The van der Waals surface area contributed by atoms with Crippen LogP contribution in [-0.4, -0.2) is 33.2 Å². The molecule has 1 aliphatic carbocycles. The first-order chi connectivity index (χ1) is 11.2. The number of carbonyl (C=O) groups is 1. The van der Waals surface area contributed by atoms with Crippen LogP contribution in [0.3, 0.4) is 0 Å². The molecule has 1 aromatic carbocycles. The van der Waals surface area contributed by atoms with Crippen molar-refractivity contribution in [1.29, 1.82) is 0 Å². The Morgan fingerprint density at radius 3 is 2.91 bits per heavy atom. The van der Waals surface area contributed by atoms with Gasteiger partial charge in [0, 0.05) is 25.3 Å². The molecule has 0 spiro atoms. The molecule has 124 valence electrons. The van der Waals surface area contributed by atoms with E-state index in [-0.39, 0.29) is 18.6 Å². The van der Waals surface area contributed by atoms with Crippen molar-refractivity contribution < 1.29 is 9.90 Å². The number of imidazole rings is 1. The van der Waals surface area contributed by atoms with E-state index < -0.39 is 0 Å². The van der Waals surface area contributed by atoms with Crippen molar-refractivity contribution in [3.8, 4) is 0 Å². The van der Waals surface area contributed by atoms with E-state index in [0.717, 1.165) is 23.9 Å². The third-order valence-corrected chi connectivity index (χ3v) is 4.96. The lowest BCUT2D eigenvalue weighted by molar-refractivity contribution is 0.0900. The molecule has 0 radical (unpaired) electrons. The van der Waals surface area contributed by atoms with Gasteiger partial charge >= 0.3 is 0 Å². The molecule has 1 fully saturated rings. The lowest BCUT2D eigenvalue weighted by atomic mass is 9.82. The topological polar surface area (TPSA) is 67.2 Å². The molecule has 1 aliphatic rings. The molecule has 0 bridgehead atoms. The fraction of sp³-hybridized carbons (Fsp3) is 0.556. The highest BCUT2D eigenvalue weighted by Gasteiger charge is 2.25. The van der Waals surface area contributed by atoms with Crippen molar-refractivity contribution in [2.24, 2.45) is 13.0 Å². The molecule has 2 aromatic rings. The van der Waals surface area contributed by atoms with Crippen molar-refractivity contribution in [1.82, 2.24) is 14.9 Å².